The van der Waals surface area contributed by atoms with Crippen LogP contribution in [0.1, 0.15) is 31.7 Å². The van der Waals surface area contributed by atoms with Crippen molar-refractivity contribution in [3.05, 3.63) is 6.33 Å². The smallest absolute Gasteiger partial charge is 0.306 e. The second kappa shape index (κ2) is 6.05. The Morgan fingerprint density at radius 3 is 2.62 bits per heavy atom. The molecule has 1 saturated heterocycles. The Morgan fingerprint density at radius 2 is 2.00 bits per heavy atom. The number of nitrogens with zero attached hydrogens (tertiary/aromatic N) is 4. The van der Waals surface area contributed by atoms with Gasteiger partial charge >= 0.3 is 5.97 Å². The van der Waals surface area contributed by atoms with E-state index in [0.29, 0.717) is 37.7 Å². The largest absolute Gasteiger partial charge is 0.481 e. The van der Waals surface area contributed by atoms with E-state index in [1.807, 2.05) is 4.57 Å². The van der Waals surface area contributed by atoms with Crippen LogP contribution in [0.4, 0.5) is 0 Å². The highest BCUT2D eigenvalue weighted by atomic mass is 32.2. The van der Waals surface area contributed by atoms with Crippen LogP contribution in [0.3, 0.4) is 0 Å². The first kappa shape index (κ1) is 14.4. The maximum atomic E-state index is 12.2. The number of thioether (sulfide) groups is 1. The predicted molar refractivity (Wildman–Crippen MR) is 76.0 cm³/mol. The van der Waals surface area contributed by atoms with Gasteiger partial charge in [0.15, 0.2) is 5.16 Å². The number of carbonyl (C=O) groups excluding carboxylic acids is 1. The van der Waals surface area contributed by atoms with Gasteiger partial charge in [-0.15, -0.1) is 10.2 Å². The van der Waals surface area contributed by atoms with Crippen molar-refractivity contribution in [2.75, 3.05) is 18.8 Å². The third kappa shape index (κ3) is 3.37. The second-order valence-electron chi connectivity index (χ2n) is 5.53. The number of hydrogen-bond donors (Lipinski definition) is 1. The van der Waals surface area contributed by atoms with Gasteiger partial charge in [-0.3, -0.25) is 9.59 Å². The minimum absolute atomic E-state index is 0.0502. The summed E-state index contributed by atoms with van der Waals surface area (Å²) in [5, 5.41) is 17.7. The maximum absolute atomic E-state index is 12.2. The molecule has 2 aliphatic rings. The highest BCUT2D eigenvalue weighted by Crippen LogP contribution is 2.37. The van der Waals surface area contributed by atoms with Crippen molar-refractivity contribution in [2.24, 2.45) is 5.92 Å². The van der Waals surface area contributed by atoms with E-state index in [9.17, 15) is 9.59 Å². The lowest BCUT2D eigenvalue weighted by Gasteiger charge is -2.30. The number of carboxylic acid groups (broad SMARTS) is 1. The van der Waals surface area contributed by atoms with Crippen molar-refractivity contribution in [1.29, 1.82) is 0 Å². The molecule has 1 N–H and O–H groups in total. The van der Waals surface area contributed by atoms with E-state index < -0.39 is 5.97 Å². The summed E-state index contributed by atoms with van der Waals surface area (Å²) < 4.78 is 2.04. The molecule has 7 nitrogen and oxygen atoms in total. The minimum Gasteiger partial charge on any atom is -0.481 e. The van der Waals surface area contributed by atoms with Gasteiger partial charge in [-0.05, 0) is 25.7 Å². The number of aliphatic carboxylic acids is 1. The normalized spacial score (nSPS) is 19.7. The van der Waals surface area contributed by atoms with Crippen LogP contribution in [0.2, 0.25) is 0 Å². The zero-order chi connectivity index (χ0) is 14.8. The number of rotatable bonds is 5. The molecule has 0 bridgehead atoms. The zero-order valence-electron chi connectivity index (χ0n) is 11.6. The van der Waals surface area contributed by atoms with Crippen LogP contribution in [0.5, 0.6) is 0 Å². The standard InChI is InChI=1S/C13H18N4O3S/c18-11(16-5-3-9(4-6-16)12(19)20)7-21-13-15-14-8-17(13)10-1-2-10/h8-10H,1-7H2,(H,19,20). The molecule has 1 amide bonds. The summed E-state index contributed by atoms with van der Waals surface area (Å²) in [7, 11) is 0. The van der Waals surface area contributed by atoms with Gasteiger partial charge in [0.25, 0.3) is 0 Å². The summed E-state index contributed by atoms with van der Waals surface area (Å²) in [4.78, 5) is 24.8. The molecule has 0 radical (unpaired) electrons. The molecule has 1 aliphatic carbocycles. The molecule has 1 aromatic heterocycles. The van der Waals surface area contributed by atoms with Crippen LogP contribution < -0.4 is 0 Å². The molecule has 114 valence electrons. The third-order valence-corrected chi connectivity index (χ3v) is 4.94. The fraction of sp³-hybridized carbons (Fsp3) is 0.692. The van der Waals surface area contributed by atoms with Gasteiger partial charge in [0, 0.05) is 19.1 Å². The molecule has 1 aromatic rings. The fourth-order valence-electron chi connectivity index (χ4n) is 2.53. The lowest BCUT2D eigenvalue weighted by atomic mass is 9.97. The van der Waals surface area contributed by atoms with E-state index >= 15 is 0 Å². The fourth-order valence-corrected chi connectivity index (χ4v) is 3.42. The molecule has 1 aliphatic heterocycles. The molecule has 3 rings (SSSR count). The predicted octanol–water partition coefficient (Wildman–Crippen LogP) is 1.03. The molecule has 2 fully saturated rings. The Balaban J connectivity index is 1.48. The molecule has 1 saturated carbocycles. The van der Waals surface area contributed by atoms with Crippen LogP contribution >= 0.6 is 11.8 Å². The summed E-state index contributed by atoms with van der Waals surface area (Å²) in [6.45, 7) is 1.07. The zero-order valence-corrected chi connectivity index (χ0v) is 12.5. The number of likely N-dealkylation sites (tertiary alicyclic amines) is 1. The van der Waals surface area contributed by atoms with Crippen LogP contribution in [-0.2, 0) is 9.59 Å². The van der Waals surface area contributed by atoms with Gasteiger partial charge in [0.1, 0.15) is 6.33 Å². The first-order valence-corrected chi connectivity index (χ1v) is 8.16. The summed E-state index contributed by atoms with van der Waals surface area (Å²) in [5.41, 5.74) is 0. The average molecular weight is 310 g/mol. The van der Waals surface area contributed by atoms with E-state index in [1.165, 1.54) is 11.8 Å². The highest BCUT2D eigenvalue weighted by Gasteiger charge is 2.28. The van der Waals surface area contributed by atoms with Gasteiger partial charge in [-0.1, -0.05) is 11.8 Å². The van der Waals surface area contributed by atoms with Gasteiger partial charge in [0.05, 0.1) is 11.7 Å². The Bertz CT molecular complexity index is 535. The van der Waals surface area contributed by atoms with Gasteiger partial charge in [-0.25, -0.2) is 0 Å². The molecule has 8 heteroatoms. The van der Waals surface area contributed by atoms with Crippen LogP contribution in [-0.4, -0.2) is 55.5 Å². The van der Waals surface area contributed by atoms with Gasteiger partial charge in [-0.2, -0.15) is 0 Å². The van der Waals surface area contributed by atoms with E-state index in [1.54, 1.807) is 11.2 Å². The number of piperidine rings is 1. The topological polar surface area (TPSA) is 88.3 Å². The van der Waals surface area contributed by atoms with Crippen molar-refractivity contribution in [3.8, 4) is 0 Å². The number of aromatic nitrogens is 3. The summed E-state index contributed by atoms with van der Waals surface area (Å²) in [5.74, 6) is -0.675. The minimum atomic E-state index is -0.756. The summed E-state index contributed by atoms with van der Waals surface area (Å²) in [6.07, 6.45) is 5.13. The Morgan fingerprint density at radius 1 is 1.29 bits per heavy atom. The van der Waals surface area contributed by atoms with Crippen LogP contribution in [0.25, 0.3) is 0 Å². The third-order valence-electron chi connectivity index (χ3n) is 4.00. The lowest BCUT2D eigenvalue weighted by Crippen LogP contribution is -2.41. The van der Waals surface area contributed by atoms with Gasteiger partial charge in [0.2, 0.25) is 5.91 Å². The number of amides is 1. The van der Waals surface area contributed by atoms with Gasteiger partial charge < -0.3 is 14.6 Å². The first-order valence-electron chi connectivity index (χ1n) is 7.18. The molecule has 0 spiro atoms. The summed E-state index contributed by atoms with van der Waals surface area (Å²) in [6, 6.07) is 0.504. The average Bonchev–Trinajstić information content (AvgIpc) is 3.23. The molecular weight excluding hydrogens is 292 g/mol. The molecule has 21 heavy (non-hydrogen) atoms. The monoisotopic (exact) mass is 310 g/mol. The Kier molecular flexibility index (Phi) is 4.14. The SMILES string of the molecule is O=C(O)C1CCN(C(=O)CSc2nncn2C2CC2)CC1. The molecular formula is C13H18N4O3S. The van der Waals surface area contributed by atoms with Crippen molar-refractivity contribution in [3.63, 3.8) is 0 Å². The number of carbonyl (C=O) groups is 2. The summed E-state index contributed by atoms with van der Waals surface area (Å²) >= 11 is 1.41. The highest BCUT2D eigenvalue weighted by molar-refractivity contribution is 7.99. The molecule has 0 atom stereocenters. The van der Waals surface area contributed by atoms with E-state index in [0.717, 1.165) is 18.0 Å². The van der Waals surface area contributed by atoms with Crippen molar-refractivity contribution in [1.82, 2.24) is 19.7 Å². The first-order chi connectivity index (χ1) is 10.1. The number of hydrogen-bond acceptors (Lipinski definition) is 5. The lowest BCUT2D eigenvalue weighted by molar-refractivity contribution is -0.145. The number of carboxylic acids is 1. The van der Waals surface area contributed by atoms with Crippen molar-refractivity contribution in [2.45, 2.75) is 36.9 Å². The second-order valence-corrected chi connectivity index (χ2v) is 6.48. The molecule has 0 unspecified atom stereocenters. The Hall–Kier alpha value is -1.57. The quantitative estimate of drug-likeness (QED) is 0.817. The maximum Gasteiger partial charge on any atom is 0.306 e. The van der Waals surface area contributed by atoms with E-state index in [2.05, 4.69) is 10.2 Å². The molecule has 0 aromatic carbocycles. The molecule has 2 heterocycles. The van der Waals surface area contributed by atoms with Crippen LogP contribution in [0.15, 0.2) is 11.5 Å². The van der Waals surface area contributed by atoms with Crippen molar-refractivity contribution < 1.29 is 14.7 Å². The van der Waals surface area contributed by atoms with E-state index in [4.69, 9.17) is 5.11 Å². The van der Waals surface area contributed by atoms with Crippen LogP contribution in [0, 0.1) is 5.92 Å². The van der Waals surface area contributed by atoms with E-state index in [-0.39, 0.29) is 11.8 Å². The van der Waals surface area contributed by atoms with Crippen molar-refractivity contribution >= 4 is 23.6 Å². The Labute approximate surface area is 126 Å².